The quantitative estimate of drug-likeness (QED) is 0.724. The molecule has 0 saturated carbocycles. The van der Waals surface area contributed by atoms with Gasteiger partial charge in [-0.15, -0.1) is 0 Å². The minimum atomic E-state index is -0.520. The Hall–Kier alpha value is -3.28. The number of hydrogen-bond donors (Lipinski definition) is 0. The highest BCUT2D eigenvalue weighted by Crippen LogP contribution is 2.16. The molecule has 1 amide bonds. The molecule has 0 bridgehead atoms. The van der Waals surface area contributed by atoms with Crippen LogP contribution in [0.15, 0.2) is 65.5 Å². The summed E-state index contributed by atoms with van der Waals surface area (Å²) in [5.41, 5.74) is 0.555. The van der Waals surface area contributed by atoms with Crippen molar-refractivity contribution in [2.45, 2.75) is 13.8 Å². The van der Waals surface area contributed by atoms with Gasteiger partial charge in [0.1, 0.15) is 11.5 Å². The van der Waals surface area contributed by atoms with Crippen LogP contribution in [0.2, 0.25) is 0 Å². The lowest BCUT2D eigenvalue weighted by Crippen LogP contribution is -2.36. The fourth-order valence-corrected chi connectivity index (χ4v) is 2.74. The summed E-state index contributed by atoms with van der Waals surface area (Å²) in [4.78, 5) is 26.8. The van der Waals surface area contributed by atoms with E-state index in [0.717, 1.165) is 0 Å². The molecule has 0 spiro atoms. The smallest absolute Gasteiger partial charge is 0.282 e. The Morgan fingerprint density at radius 3 is 2.42 bits per heavy atom. The first kappa shape index (κ1) is 17.5. The van der Waals surface area contributed by atoms with E-state index < -0.39 is 17.2 Å². The average Bonchev–Trinajstić information content (AvgIpc) is 2.64. The van der Waals surface area contributed by atoms with E-state index in [0.29, 0.717) is 17.9 Å². The molecule has 2 aromatic carbocycles. The summed E-state index contributed by atoms with van der Waals surface area (Å²) >= 11 is 0. The Morgan fingerprint density at radius 1 is 1.12 bits per heavy atom. The summed E-state index contributed by atoms with van der Waals surface area (Å²) in [6.45, 7) is 3.83. The third-order valence-corrected chi connectivity index (χ3v) is 4.02. The number of aromatic nitrogens is 2. The first-order valence-electron chi connectivity index (χ1n) is 8.25. The van der Waals surface area contributed by atoms with Crippen LogP contribution >= 0.6 is 0 Å². The molecule has 1 heterocycles. The maximum Gasteiger partial charge on any atom is 0.282 e. The zero-order valence-electron chi connectivity index (χ0n) is 14.5. The number of aryl methyl sites for hydroxylation is 1. The van der Waals surface area contributed by atoms with E-state index in [1.165, 1.54) is 21.7 Å². The Kier molecular flexibility index (Phi) is 4.93. The van der Waals surface area contributed by atoms with Gasteiger partial charge >= 0.3 is 0 Å². The number of rotatable bonds is 4. The van der Waals surface area contributed by atoms with Crippen molar-refractivity contribution in [2.24, 2.45) is 0 Å². The van der Waals surface area contributed by atoms with Gasteiger partial charge in [0.2, 0.25) is 5.43 Å². The standard InChI is InChI=1S/C20H18FN3O2/c1-3-23(15-9-5-4-6-10-15)20(26)19-18(25)13-14(2)24(22-19)17-12-8-7-11-16(17)21/h4-13H,3H2,1-2H3. The molecule has 3 rings (SSSR count). The first-order valence-corrected chi connectivity index (χ1v) is 8.25. The molecule has 0 N–H and O–H groups in total. The maximum atomic E-state index is 14.1. The summed E-state index contributed by atoms with van der Waals surface area (Å²) in [5, 5.41) is 4.17. The van der Waals surface area contributed by atoms with Gasteiger partial charge in [0, 0.05) is 24.0 Å². The predicted octanol–water partition coefficient (Wildman–Crippen LogP) is 3.35. The monoisotopic (exact) mass is 351 g/mol. The Morgan fingerprint density at radius 2 is 1.77 bits per heavy atom. The molecule has 0 aliphatic heterocycles. The molecule has 26 heavy (non-hydrogen) atoms. The van der Waals surface area contributed by atoms with Crippen LogP contribution in [0.3, 0.4) is 0 Å². The third-order valence-electron chi connectivity index (χ3n) is 4.02. The third kappa shape index (κ3) is 3.26. The lowest BCUT2D eigenvalue weighted by Gasteiger charge is -2.21. The topological polar surface area (TPSA) is 55.2 Å². The van der Waals surface area contributed by atoms with Gasteiger partial charge in [0.15, 0.2) is 5.69 Å². The van der Waals surface area contributed by atoms with Crippen LogP contribution in [0.1, 0.15) is 23.1 Å². The van der Waals surface area contributed by atoms with Gasteiger partial charge in [-0.2, -0.15) is 5.10 Å². The number of amides is 1. The highest BCUT2D eigenvalue weighted by molar-refractivity contribution is 6.04. The highest BCUT2D eigenvalue weighted by Gasteiger charge is 2.22. The van der Waals surface area contributed by atoms with E-state index >= 15 is 0 Å². The van der Waals surface area contributed by atoms with Crippen molar-refractivity contribution in [1.82, 2.24) is 9.78 Å². The molecule has 0 unspecified atom stereocenters. The molecule has 6 heteroatoms. The molecule has 132 valence electrons. The number of hydrogen-bond acceptors (Lipinski definition) is 3. The van der Waals surface area contributed by atoms with Crippen LogP contribution in [0.25, 0.3) is 5.69 Å². The number of anilines is 1. The average molecular weight is 351 g/mol. The van der Waals surface area contributed by atoms with Crippen molar-refractivity contribution < 1.29 is 9.18 Å². The Labute approximate surface area is 150 Å². The first-order chi connectivity index (χ1) is 12.5. The van der Waals surface area contributed by atoms with Gasteiger partial charge < -0.3 is 4.90 Å². The van der Waals surface area contributed by atoms with Crippen LogP contribution in [-0.4, -0.2) is 22.2 Å². The molecule has 0 fully saturated rings. The normalized spacial score (nSPS) is 10.6. The van der Waals surface area contributed by atoms with E-state index in [4.69, 9.17) is 0 Å². The van der Waals surface area contributed by atoms with Crippen LogP contribution in [-0.2, 0) is 0 Å². The van der Waals surface area contributed by atoms with Gasteiger partial charge in [0.25, 0.3) is 5.91 Å². The van der Waals surface area contributed by atoms with Crippen LogP contribution in [0.5, 0.6) is 0 Å². The van der Waals surface area contributed by atoms with Crippen LogP contribution < -0.4 is 10.3 Å². The highest BCUT2D eigenvalue weighted by atomic mass is 19.1. The molecular weight excluding hydrogens is 333 g/mol. The number of benzene rings is 2. The summed E-state index contributed by atoms with van der Waals surface area (Å²) < 4.78 is 15.4. The second-order valence-corrected chi connectivity index (χ2v) is 5.75. The van der Waals surface area contributed by atoms with E-state index in [1.54, 1.807) is 37.3 Å². The van der Waals surface area contributed by atoms with E-state index in [1.807, 2.05) is 25.1 Å². The zero-order chi connectivity index (χ0) is 18.7. The molecule has 0 aliphatic rings. The fourth-order valence-electron chi connectivity index (χ4n) is 2.74. The van der Waals surface area contributed by atoms with Crippen molar-refractivity contribution in [2.75, 3.05) is 11.4 Å². The van der Waals surface area contributed by atoms with Crippen LogP contribution in [0.4, 0.5) is 10.1 Å². The molecule has 1 aromatic heterocycles. The molecule has 3 aromatic rings. The van der Waals surface area contributed by atoms with Crippen molar-refractivity contribution in [3.63, 3.8) is 0 Å². The SMILES string of the molecule is CCN(C(=O)c1nn(-c2ccccc2F)c(C)cc1=O)c1ccccc1. The van der Waals surface area contributed by atoms with Gasteiger partial charge in [-0.3, -0.25) is 9.59 Å². The number of carbonyl (C=O) groups excluding carboxylic acids is 1. The summed E-state index contributed by atoms with van der Waals surface area (Å²) in [5.74, 6) is -1.01. The molecule has 0 aliphatic carbocycles. The maximum absolute atomic E-state index is 14.1. The molecular formula is C20H18FN3O2. The van der Waals surface area contributed by atoms with E-state index in [-0.39, 0.29) is 11.4 Å². The van der Waals surface area contributed by atoms with Crippen molar-refractivity contribution in [3.8, 4) is 5.69 Å². The minimum absolute atomic E-state index is 0.182. The molecule has 0 radical (unpaired) electrons. The molecule has 0 atom stereocenters. The number of halogens is 1. The van der Waals surface area contributed by atoms with Crippen molar-refractivity contribution in [3.05, 3.63) is 88.1 Å². The van der Waals surface area contributed by atoms with Crippen molar-refractivity contribution in [1.29, 1.82) is 0 Å². The molecule has 5 nitrogen and oxygen atoms in total. The number of carbonyl (C=O) groups is 1. The second kappa shape index (κ2) is 7.31. The van der Waals surface area contributed by atoms with Gasteiger partial charge in [-0.25, -0.2) is 9.07 Å². The Bertz CT molecular complexity index is 999. The lowest BCUT2D eigenvalue weighted by atomic mass is 10.2. The van der Waals surface area contributed by atoms with Crippen LogP contribution in [0, 0.1) is 12.7 Å². The fraction of sp³-hybridized carbons (Fsp3) is 0.150. The molecule has 0 saturated heterocycles. The summed E-state index contributed by atoms with van der Waals surface area (Å²) in [7, 11) is 0. The number of nitrogens with zero attached hydrogens (tertiary/aromatic N) is 3. The van der Waals surface area contributed by atoms with Gasteiger partial charge in [0.05, 0.1) is 0 Å². The lowest BCUT2D eigenvalue weighted by molar-refractivity contribution is 0.0980. The summed E-state index contributed by atoms with van der Waals surface area (Å²) in [6, 6.07) is 16.4. The summed E-state index contributed by atoms with van der Waals surface area (Å²) in [6.07, 6.45) is 0. The predicted molar refractivity (Wildman–Crippen MR) is 98.3 cm³/mol. The van der Waals surface area contributed by atoms with Gasteiger partial charge in [-0.1, -0.05) is 30.3 Å². The Balaban J connectivity index is 2.11. The van der Waals surface area contributed by atoms with Crippen molar-refractivity contribution >= 4 is 11.6 Å². The van der Waals surface area contributed by atoms with E-state index in [2.05, 4.69) is 5.10 Å². The number of para-hydroxylation sites is 2. The zero-order valence-corrected chi connectivity index (χ0v) is 14.5. The van der Waals surface area contributed by atoms with Gasteiger partial charge in [-0.05, 0) is 38.1 Å². The second-order valence-electron chi connectivity index (χ2n) is 5.75. The van der Waals surface area contributed by atoms with E-state index in [9.17, 15) is 14.0 Å². The largest absolute Gasteiger partial charge is 0.307 e. The minimum Gasteiger partial charge on any atom is -0.307 e.